The van der Waals surface area contributed by atoms with Crippen molar-refractivity contribution >= 4 is 50.7 Å². The third-order valence-corrected chi connectivity index (χ3v) is 8.04. The van der Waals surface area contributed by atoms with Crippen LogP contribution in [0.5, 0.6) is 0 Å². The lowest BCUT2D eigenvalue weighted by atomic mass is 10.0. The van der Waals surface area contributed by atoms with Crippen molar-refractivity contribution in [3.05, 3.63) is 99.5 Å². The first-order valence-corrected chi connectivity index (χ1v) is 14.7. The number of benzene rings is 3. The Labute approximate surface area is 234 Å². The third-order valence-electron chi connectivity index (χ3n) is 6.10. The number of likely N-dealkylation sites (N-methyl/N-ethyl adjacent to an activating group) is 1. The van der Waals surface area contributed by atoms with E-state index in [-0.39, 0.29) is 34.6 Å². The fourth-order valence-corrected chi connectivity index (χ4v) is 5.40. The standard InChI is InChI=1S/C28H31Cl2N3O4S/c1-4-31-28(35)25(17-21-12-6-5-7-13-21)32(18-22-14-9-8-11-20(22)2)26(34)19-33(38(3,36)37)24-16-10-15-23(29)27(24)30/h5-16,25H,4,17-19H2,1-3H3,(H,31,35). The van der Waals surface area contributed by atoms with Gasteiger partial charge in [0.25, 0.3) is 0 Å². The number of halogens is 2. The number of hydrogen-bond donors (Lipinski definition) is 1. The van der Waals surface area contributed by atoms with Crippen LogP contribution in [0.25, 0.3) is 0 Å². The molecule has 202 valence electrons. The van der Waals surface area contributed by atoms with Crippen molar-refractivity contribution in [2.45, 2.75) is 32.9 Å². The van der Waals surface area contributed by atoms with Gasteiger partial charge >= 0.3 is 0 Å². The molecule has 2 amide bonds. The number of carbonyl (C=O) groups excluding carboxylic acids is 2. The van der Waals surface area contributed by atoms with Crippen molar-refractivity contribution in [2.24, 2.45) is 0 Å². The molecule has 3 aromatic rings. The fourth-order valence-electron chi connectivity index (χ4n) is 4.10. The van der Waals surface area contributed by atoms with E-state index in [1.807, 2.05) is 61.5 Å². The number of amides is 2. The molecule has 0 saturated heterocycles. The maximum absolute atomic E-state index is 14.0. The second kappa shape index (κ2) is 13.1. The zero-order valence-electron chi connectivity index (χ0n) is 21.5. The lowest BCUT2D eigenvalue weighted by Gasteiger charge is -2.34. The van der Waals surface area contributed by atoms with E-state index in [1.54, 1.807) is 13.0 Å². The predicted molar refractivity (Wildman–Crippen MR) is 153 cm³/mol. The molecule has 10 heteroatoms. The largest absolute Gasteiger partial charge is 0.355 e. The lowest BCUT2D eigenvalue weighted by molar-refractivity contribution is -0.140. The monoisotopic (exact) mass is 575 g/mol. The highest BCUT2D eigenvalue weighted by molar-refractivity contribution is 7.92. The van der Waals surface area contributed by atoms with Gasteiger partial charge in [-0.3, -0.25) is 13.9 Å². The second-order valence-electron chi connectivity index (χ2n) is 8.89. The second-order valence-corrected chi connectivity index (χ2v) is 11.6. The first-order chi connectivity index (χ1) is 18.0. The summed E-state index contributed by atoms with van der Waals surface area (Å²) in [5.74, 6) is -0.883. The van der Waals surface area contributed by atoms with Gasteiger partial charge in [0.2, 0.25) is 21.8 Å². The number of carbonyl (C=O) groups is 2. The van der Waals surface area contributed by atoms with E-state index in [9.17, 15) is 18.0 Å². The summed E-state index contributed by atoms with van der Waals surface area (Å²) in [7, 11) is -3.94. The molecule has 1 unspecified atom stereocenters. The normalized spacial score (nSPS) is 12.0. The molecule has 1 N–H and O–H groups in total. The first kappa shape index (κ1) is 29.5. The minimum Gasteiger partial charge on any atom is -0.355 e. The summed E-state index contributed by atoms with van der Waals surface area (Å²) in [4.78, 5) is 28.8. The topological polar surface area (TPSA) is 86.8 Å². The molecular weight excluding hydrogens is 545 g/mol. The van der Waals surface area contributed by atoms with E-state index in [1.165, 1.54) is 17.0 Å². The van der Waals surface area contributed by atoms with Crippen LogP contribution in [-0.4, -0.2) is 50.5 Å². The number of rotatable bonds is 11. The van der Waals surface area contributed by atoms with Crippen LogP contribution >= 0.6 is 23.2 Å². The maximum atomic E-state index is 14.0. The van der Waals surface area contributed by atoms with Gasteiger partial charge in [-0.1, -0.05) is 83.9 Å². The van der Waals surface area contributed by atoms with Crippen LogP contribution < -0.4 is 9.62 Å². The first-order valence-electron chi connectivity index (χ1n) is 12.1. The van der Waals surface area contributed by atoms with Gasteiger partial charge in [0, 0.05) is 19.5 Å². The van der Waals surface area contributed by atoms with Gasteiger partial charge in [-0.2, -0.15) is 0 Å². The zero-order valence-corrected chi connectivity index (χ0v) is 23.9. The van der Waals surface area contributed by atoms with Crippen molar-refractivity contribution in [2.75, 3.05) is 23.7 Å². The molecule has 0 heterocycles. The van der Waals surface area contributed by atoms with Crippen LogP contribution in [0.2, 0.25) is 10.0 Å². The number of nitrogens with one attached hydrogen (secondary N) is 1. The molecule has 1 atom stereocenters. The summed E-state index contributed by atoms with van der Waals surface area (Å²) >= 11 is 12.5. The van der Waals surface area contributed by atoms with E-state index in [4.69, 9.17) is 23.2 Å². The molecule has 3 rings (SSSR count). The Morgan fingerprint density at radius 1 is 0.947 bits per heavy atom. The molecule has 0 aliphatic heterocycles. The molecule has 0 fully saturated rings. The summed E-state index contributed by atoms with van der Waals surface area (Å²) in [5.41, 5.74) is 2.74. The van der Waals surface area contributed by atoms with E-state index >= 15 is 0 Å². The van der Waals surface area contributed by atoms with Crippen molar-refractivity contribution in [3.63, 3.8) is 0 Å². The van der Waals surface area contributed by atoms with Gasteiger partial charge in [0.15, 0.2) is 0 Å². The van der Waals surface area contributed by atoms with Gasteiger partial charge in [-0.25, -0.2) is 8.42 Å². The molecule has 0 spiro atoms. The minimum absolute atomic E-state index is 0.0161. The Balaban J connectivity index is 2.08. The van der Waals surface area contributed by atoms with Crippen LogP contribution in [0.1, 0.15) is 23.6 Å². The highest BCUT2D eigenvalue weighted by Crippen LogP contribution is 2.34. The number of nitrogens with zero attached hydrogens (tertiary/aromatic N) is 2. The van der Waals surface area contributed by atoms with Crippen molar-refractivity contribution < 1.29 is 18.0 Å². The smallest absolute Gasteiger partial charge is 0.244 e. The summed E-state index contributed by atoms with van der Waals surface area (Å²) in [5, 5.41) is 3.00. The third kappa shape index (κ3) is 7.49. The van der Waals surface area contributed by atoms with Crippen molar-refractivity contribution in [3.8, 4) is 0 Å². The van der Waals surface area contributed by atoms with Crippen LogP contribution in [0, 0.1) is 6.92 Å². The van der Waals surface area contributed by atoms with Gasteiger partial charge in [0.1, 0.15) is 12.6 Å². The molecule has 7 nitrogen and oxygen atoms in total. The van der Waals surface area contributed by atoms with Crippen LogP contribution in [0.4, 0.5) is 5.69 Å². The Bertz CT molecular complexity index is 1380. The Hall–Kier alpha value is -3.07. The average molecular weight is 577 g/mol. The Morgan fingerprint density at radius 3 is 2.24 bits per heavy atom. The van der Waals surface area contributed by atoms with Crippen LogP contribution in [0.15, 0.2) is 72.8 Å². The average Bonchev–Trinajstić information content (AvgIpc) is 2.87. The fraction of sp³-hybridized carbons (Fsp3) is 0.286. The van der Waals surface area contributed by atoms with Crippen LogP contribution in [-0.2, 0) is 32.6 Å². The van der Waals surface area contributed by atoms with Crippen LogP contribution in [0.3, 0.4) is 0 Å². The predicted octanol–water partition coefficient (Wildman–Crippen LogP) is 4.84. The summed E-state index contributed by atoms with van der Waals surface area (Å²) < 4.78 is 26.6. The summed E-state index contributed by atoms with van der Waals surface area (Å²) in [6, 6.07) is 20.6. The Kier molecular flexibility index (Phi) is 10.2. The van der Waals surface area contributed by atoms with Gasteiger partial charge in [-0.05, 0) is 42.7 Å². The van der Waals surface area contributed by atoms with Crippen molar-refractivity contribution in [1.29, 1.82) is 0 Å². The number of sulfonamides is 1. The molecule has 0 bridgehead atoms. The number of anilines is 1. The lowest BCUT2D eigenvalue weighted by Crippen LogP contribution is -2.53. The molecule has 0 saturated carbocycles. The molecule has 0 aliphatic rings. The van der Waals surface area contributed by atoms with E-state index in [0.29, 0.717) is 6.54 Å². The molecule has 0 radical (unpaired) electrons. The van der Waals surface area contributed by atoms with E-state index in [0.717, 1.165) is 27.3 Å². The van der Waals surface area contributed by atoms with E-state index < -0.39 is 28.5 Å². The highest BCUT2D eigenvalue weighted by Gasteiger charge is 2.33. The summed E-state index contributed by atoms with van der Waals surface area (Å²) in [6.45, 7) is 3.66. The molecular formula is C28H31Cl2N3O4S. The van der Waals surface area contributed by atoms with Crippen molar-refractivity contribution in [1.82, 2.24) is 10.2 Å². The molecule has 0 aromatic heterocycles. The van der Waals surface area contributed by atoms with E-state index in [2.05, 4.69) is 5.32 Å². The minimum atomic E-state index is -3.94. The Morgan fingerprint density at radius 2 is 1.61 bits per heavy atom. The van der Waals surface area contributed by atoms with Gasteiger partial charge < -0.3 is 10.2 Å². The maximum Gasteiger partial charge on any atom is 0.244 e. The number of aryl methyl sites for hydroxylation is 1. The zero-order chi connectivity index (χ0) is 27.9. The van der Waals surface area contributed by atoms with Gasteiger partial charge in [-0.15, -0.1) is 0 Å². The molecule has 38 heavy (non-hydrogen) atoms. The summed E-state index contributed by atoms with van der Waals surface area (Å²) in [6.07, 6.45) is 1.25. The SMILES string of the molecule is CCNC(=O)C(Cc1ccccc1)N(Cc1ccccc1C)C(=O)CN(c1cccc(Cl)c1Cl)S(C)(=O)=O. The highest BCUT2D eigenvalue weighted by atomic mass is 35.5. The number of hydrogen-bond acceptors (Lipinski definition) is 4. The van der Waals surface area contributed by atoms with Gasteiger partial charge in [0.05, 0.1) is 22.0 Å². The molecule has 3 aromatic carbocycles. The molecule has 0 aliphatic carbocycles. The quantitative estimate of drug-likeness (QED) is 0.354.